The van der Waals surface area contributed by atoms with E-state index in [9.17, 15) is 17.6 Å². The summed E-state index contributed by atoms with van der Waals surface area (Å²) in [4.78, 5) is 17.3. The summed E-state index contributed by atoms with van der Waals surface area (Å²) in [6.45, 7) is 5.19. The van der Waals surface area contributed by atoms with Crippen molar-refractivity contribution in [3.8, 4) is 5.75 Å². The molecular formula is C23H31FN4O4S. The Hall–Kier alpha value is -2.69. The molecule has 2 aromatic carbocycles. The van der Waals surface area contributed by atoms with Gasteiger partial charge in [0.15, 0.2) is 0 Å². The van der Waals surface area contributed by atoms with Gasteiger partial charge in [0.05, 0.1) is 13.2 Å². The average Bonchev–Trinajstić information content (AvgIpc) is 2.79. The number of ether oxygens (including phenoxy) is 1. The van der Waals surface area contributed by atoms with Crippen LogP contribution in [0.5, 0.6) is 5.75 Å². The molecule has 0 radical (unpaired) electrons. The molecule has 3 rings (SSSR count). The maximum atomic E-state index is 14.1. The number of benzene rings is 2. The summed E-state index contributed by atoms with van der Waals surface area (Å²) >= 11 is 0. The second kappa shape index (κ2) is 10.1. The standard InChI is InChI=1S/C23H31FN4O4S/c1-16(19-15-18(24)7-8-20(19)28-12-10-27(4)11-13-28)25-23(29)17-6-9-21(32-5)22(14-17)33(30,31)26(2)3/h6-9,14-16H,10-13H2,1-5H3,(H,25,29). The molecule has 1 saturated heterocycles. The number of hydrogen-bond donors (Lipinski definition) is 1. The second-order valence-corrected chi connectivity index (χ2v) is 10.5. The number of piperazine rings is 1. The molecule has 1 amide bonds. The van der Waals surface area contributed by atoms with Crippen LogP contribution in [0.1, 0.15) is 28.9 Å². The molecule has 10 heteroatoms. The maximum Gasteiger partial charge on any atom is 0.251 e. The number of methoxy groups -OCH3 is 1. The average molecular weight is 479 g/mol. The highest BCUT2D eigenvalue weighted by atomic mass is 32.2. The van der Waals surface area contributed by atoms with Crippen LogP contribution in [0.3, 0.4) is 0 Å². The van der Waals surface area contributed by atoms with Crippen LogP contribution in [0.25, 0.3) is 0 Å². The van der Waals surface area contributed by atoms with Crippen LogP contribution < -0.4 is 15.0 Å². The van der Waals surface area contributed by atoms with Crippen LogP contribution in [0, 0.1) is 5.82 Å². The normalized spacial score (nSPS) is 16.0. The summed E-state index contributed by atoms with van der Waals surface area (Å²) in [7, 11) is 2.43. The second-order valence-electron chi connectivity index (χ2n) is 8.34. The highest BCUT2D eigenvalue weighted by molar-refractivity contribution is 7.89. The molecule has 0 saturated carbocycles. The van der Waals surface area contributed by atoms with Crippen molar-refractivity contribution < 1.29 is 22.3 Å². The first-order chi connectivity index (χ1) is 15.5. The summed E-state index contributed by atoms with van der Waals surface area (Å²) < 4.78 is 45.7. The van der Waals surface area contributed by atoms with E-state index >= 15 is 0 Å². The van der Waals surface area contributed by atoms with E-state index < -0.39 is 22.0 Å². The van der Waals surface area contributed by atoms with Gasteiger partial charge in [-0.2, -0.15) is 0 Å². The summed E-state index contributed by atoms with van der Waals surface area (Å²) in [5.41, 5.74) is 1.71. The molecule has 1 unspecified atom stereocenters. The van der Waals surface area contributed by atoms with Gasteiger partial charge in [0.25, 0.3) is 5.91 Å². The van der Waals surface area contributed by atoms with Gasteiger partial charge in [0.1, 0.15) is 16.5 Å². The molecule has 1 atom stereocenters. The number of sulfonamides is 1. The maximum absolute atomic E-state index is 14.1. The number of hydrogen-bond acceptors (Lipinski definition) is 6. The number of anilines is 1. The summed E-state index contributed by atoms with van der Waals surface area (Å²) in [5, 5.41) is 2.88. The van der Waals surface area contributed by atoms with Crippen molar-refractivity contribution in [2.45, 2.75) is 17.9 Å². The lowest BCUT2D eigenvalue weighted by atomic mass is 10.0. The van der Waals surface area contributed by atoms with Crippen LogP contribution in [-0.4, -0.2) is 78.0 Å². The van der Waals surface area contributed by atoms with E-state index in [0.29, 0.717) is 5.56 Å². The van der Waals surface area contributed by atoms with Gasteiger partial charge in [-0.3, -0.25) is 4.79 Å². The third kappa shape index (κ3) is 5.45. The molecule has 0 aromatic heterocycles. The molecule has 1 N–H and O–H groups in total. The summed E-state index contributed by atoms with van der Waals surface area (Å²) in [6.07, 6.45) is 0. The summed E-state index contributed by atoms with van der Waals surface area (Å²) in [6, 6.07) is 8.36. The van der Waals surface area contributed by atoms with Crippen LogP contribution >= 0.6 is 0 Å². The minimum Gasteiger partial charge on any atom is -0.495 e. The smallest absolute Gasteiger partial charge is 0.251 e. The molecule has 1 fully saturated rings. The first-order valence-electron chi connectivity index (χ1n) is 10.7. The van der Waals surface area contributed by atoms with E-state index in [2.05, 4.69) is 22.2 Å². The number of amides is 1. The van der Waals surface area contributed by atoms with Crippen LogP contribution in [0.2, 0.25) is 0 Å². The zero-order valence-electron chi connectivity index (χ0n) is 19.6. The van der Waals surface area contributed by atoms with Crippen LogP contribution in [0.4, 0.5) is 10.1 Å². The minimum atomic E-state index is -3.82. The highest BCUT2D eigenvalue weighted by Gasteiger charge is 2.25. The van der Waals surface area contributed by atoms with Crippen LogP contribution in [-0.2, 0) is 10.0 Å². The highest BCUT2D eigenvalue weighted by Crippen LogP contribution is 2.30. The Bertz CT molecular complexity index is 1120. The minimum absolute atomic E-state index is 0.0980. The van der Waals surface area contributed by atoms with Gasteiger partial charge in [0, 0.05) is 57.1 Å². The van der Waals surface area contributed by atoms with Gasteiger partial charge in [-0.25, -0.2) is 17.1 Å². The van der Waals surface area contributed by atoms with Crippen molar-refractivity contribution >= 4 is 21.6 Å². The van der Waals surface area contributed by atoms with Crippen molar-refractivity contribution in [2.75, 3.05) is 59.3 Å². The predicted octanol–water partition coefficient (Wildman–Crippen LogP) is 2.33. The van der Waals surface area contributed by atoms with Gasteiger partial charge in [-0.05, 0) is 50.4 Å². The predicted molar refractivity (Wildman–Crippen MR) is 126 cm³/mol. The Morgan fingerprint density at radius 1 is 1.12 bits per heavy atom. The molecule has 180 valence electrons. The first-order valence-corrected chi connectivity index (χ1v) is 12.1. The van der Waals surface area contributed by atoms with Crippen molar-refractivity contribution in [3.63, 3.8) is 0 Å². The number of likely N-dealkylation sites (N-methyl/N-ethyl adjacent to an activating group) is 1. The lowest BCUT2D eigenvalue weighted by molar-refractivity contribution is 0.0939. The number of nitrogens with zero attached hydrogens (tertiary/aromatic N) is 3. The van der Waals surface area contributed by atoms with E-state index in [1.807, 2.05) is 0 Å². The first kappa shape index (κ1) is 24.9. The van der Waals surface area contributed by atoms with Crippen molar-refractivity contribution in [1.29, 1.82) is 0 Å². The third-order valence-corrected chi connectivity index (χ3v) is 7.67. The summed E-state index contributed by atoms with van der Waals surface area (Å²) in [5.74, 6) is -0.697. The van der Waals surface area contributed by atoms with Gasteiger partial charge in [0.2, 0.25) is 10.0 Å². The fourth-order valence-corrected chi connectivity index (χ4v) is 4.86. The molecule has 1 aliphatic rings. The zero-order valence-corrected chi connectivity index (χ0v) is 20.4. The van der Waals surface area contributed by atoms with Gasteiger partial charge >= 0.3 is 0 Å². The van der Waals surface area contributed by atoms with Crippen molar-refractivity contribution in [2.24, 2.45) is 0 Å². The van der Waals surface area contributed by atoms with E-state index in [0.717, 1.165) is 36.2 Å². The monoisotopic (exact) mass is 478 g/mol. The Labute approximate surface area is 195 Å². The van der Waals surface area contributed by atoms with Gasteiger partial charge in [-0.1, -0.05) is 0 Å². The fraction of sp³-hybridized carbons (Fsp3) is 0.435. The number of nitrogens with one attached hydrogen (secondary N) is 1. The number of halogens is 1. The van der Waals surface area contributed by atoms with E-state index in [1.54, 1.807) is 13.0 Å². The molecule has 33 heavy (non-hydrogen) atoms. The zero-order chi connectivity index (χ0) is 24.3. The topological polar surface area (TPSA) is 82.2 Å². The molecule has 1 aliphatic heterocycles. The quantitative estimate of drug-likeness (QED) is 0.658. The van der Waals surface area contributed by atoms with Gasteiger partial charge in [-0.15, -0.1) is 0 Å². The molecule has 8 nitrogen and oxygen atoms in total. The van der Waals surface area contributed by atoms with E-state index in [1.165, 1.54) is 51.5 Å². The van der Waals surface area contributed by atoms with Crippen LogP contribution in [0.15, 0.2) is 41.3 Å². The van der Waals surface area contributed by atoms with Crippen molar-refractivity contribution in [1.82, 2.24) is 14.5 Å². The third-order valence-electron chi connectivity index (χ3n) is 5.83. The Balaban J connectivity index is 1.88. The molecule has 2 aromatic rings. The van der Waals surface area contributed by atoms with Gasteiger partial charge < -0.3 is 19.9 Å². The van der Waals surface area contributed by atoms with E-state index in [-0.39, 0.29) is 22.0 Å². The number of carbonyl (C=O) groups excluding carboxylic acids is 1. The Morgan fingerprint density at radius 3 is 2.39 bits per heavy atom. The lowest BCUT2D eigenvalue weighted by Crippen LogP contribution is -2.45. The Morgan fingerprint density at radius 2 is 1.79 bits per heavy atom. The molecule has 0 spiro atoms. The molecule has 0 aliphatic carbocycles. The van der Waals surface area contributed by atoms with E-state index in [4.69, 9.17) is 4.74 Å². The lowest BCUT2D eigenvalue weighted by Gasteiger charge is -2.36. The number of rotatable bonds is 7. The molecular weight excluding hydrogens is 447 g/mol. The fourth-order valence-electron chi connectivity index (χ4n) is 3.78. The Kier molecular flexibility index (Phi) is 7.61. The molecule has 1 heterocycles. The number of carbonyl (C=O) groups is 1. The largest absolute Gasteiger partial charge is 0.495 e. The SMILES string of the molecule is COc1ccc(C(=O)NC(C)c2cc(F)ccc2N2CCN(C)CC2)cc1S(=O)(=O)N(C)C. The molecule has 0 bridgehead atoms. The van der Waals surface area contributed by atoms with Crippen molar-refractivity contribution in [3.05, 3.63) is 53.3 Å².